The van der Waals surface area contributed by atoms with E-state index in [1.807, 2.05) is 30.3 Å². The second-order valence-electron chi connectivity index (χ2n) is 4.99. The van der Waals surface area contributed by atoms with Crippen molar-refractivity contribution in [2.45, 2.75) is 39.2 Å². The molecule has 0 heterocycles. The van der Waals surface area contributed by atoms with Gasteiger partial charge < -0.3 is 4.74 Å². The van der Waals surface area contributed by atoms with Crippen molar-refractivity contribution >= 4 is 5.97 Å². The SMILES string of the molecule is CC(=O)O[C@@H](c1ccccc1)[C@@H](C)C1CCC1. The van der Waals surface area contributed by atoms with Crippen molar-refractivity contribution in [2.75, 3.05) is 0 Å². The number of rotatable bonds is 4. The second-order valence-corrected chi connectivity index (χ2v) is 4.99. The Morgan fingerprint density at radius 1 is 1.29 bits per heavy atom. The van der Waals surface area contributed by atoms with Crippen LogP contribution in [0.15, 0.2) is 30.3 Å². The highest BCUT2D eigenvalue weighted by atomic mass is 16.5. The van der Waals surface area contributed by atoms with Crippen LogP contribution in [0.25, 0.3) is 0 Å². The van der Waals surface area contributed by atoms with Crippen LogP contribution in [0.5, 0.6) is 0 Å². The highest BCUT2D eigenvalue weighted by molar-refractivity contribution is 5.66. The molecule has 0 amide bonds. The lowest BCUT2D eigenvalue weighted by Gasteiger charge is -2.36. The molecule has 2 heteroatoms. The van der Waals surface area contributed by atoms with Gasteiger partial charge in [-0.25, -0.2) is 0 Å². The van der Waals surface area contributed by atoms with Crippen molar-refractivity contribution in [1.29, 1.82) is 0 Å². The third kappa shape index (κ3) is 2.87. The molecule has 2 rings (SSSR count). The van der Waals surface area contributed by atoms with Gasteiger partial charge in [-0.15, -0.1) is 0 Å². The van der Waals surface area contributed by atoms with E-state index in [0.29, 0.717) is 11.8 Å². The number of hydrogen-bond acceptors (Lipinski definition) is 2. The van der Waals surface area contributed by atoms with Gasteiger partial charge in [-0.2, -0.15) is 0 Å². The predicted molar refractivity (Wildman–Crippen MR) is 67.5 cm³/mol. The largest absolute Gasteiger partial charge is 0.457 e. The summed E-state index contributed by atoms with van der Waals surface area (Å²) in [7, 11) is 0. The fourth-order valence-electron chi connectivity index (χ4n) is 2.51. The molecule has 17 heavy (non-hydrogen) atoms. The Hall–Kier alpha value is -1.31. The van der Waals surface area contributed by atoms with Crippen molar-refractivity contribution < 1.29 is 9.53 Å². The van der Waals surface area contributed by atoms with Crippen LogP contribution in [0, 0.1) is 11.8 Å². The fraction of sp³-hybridized carbons (Fsp3) is 0.533. The molecule has 0 radical (unpaired) electrons. The Bertz CT molecular complexity index is 368. The Balaban J connectivity index is 2.15. The first kappa shape index (κ1) is 12.2. The lowest BCUT2D eigenvalue weighted by Crippen LogP contribution is -2.27. The summed E-state index contributed by atoms with van der Waals surface area (Å²) in [5.41, 5.74) is 1.11. The number of carbonyl (C=O) groups is 1. The first-order valence-corrected chi connectivity index (χ1v) is 6.40. The summed E-state index contributed by atoms with van der Waals surface area (Å²) in [6.07, 6.45) is 3.77. The van der Waals surface area contributed by atoms with E-state index in [2.05, 4.69) is 6.92 Å². The molecule has 1 aromatic carbocycles. The molecule has 2 nitrogen and oxygen atoms in total. The molecule has 0 spiro atoms. The molecule has 1 fully saturated rings. The normalized spacial score (nSPS) is 19.2. The van der Waals surface area contributed by atoms with Gasteiger partial charge in [0.2, 0.25) is 0 Å². The smallest absolute Gasteiger partial charge is 0.303 e. The van der Waals surface area contributed by atoms with E-state index in [4.69, 9.17) is 4.74 Å². The lowest BCUT2D eigenvalue weighted by molar-refractivity contribution is -0.151. The average Bonchev–Trinajstić information content (AvgIpc) is 2.24. The molecular formula is C15H20O2. The van der Waals surface area contributed by atoms with Crippen molar-refractivity contribution in [2.24, 2.45) is 11.8 Å². The number of hydrogen-bond donors (Lipinski definition) is 0. The Labute approximate surface area is 103 Å². The van der Waals surface area contributed by atoms with E-state index in [-0.39, 0.29) is 12.1 Å². The molecule has 1 aliphatic carbocycles. The molecule has 1 aromatic rings. The van der Waals surface area contributed by atoms with Crippen LogP contribution in [-0.4, -0.2) is 5.97 Å². The Morgan fingerprint density at radius 3 is 2.41 bits per heavy atom. The minimum absolute atomic E-state index is 0.0843. The number of ether oxygens (including phenoxy) is 1. The van der Waals surface area contributed by atoms with Gasteiger partial charge >= 0.3 is 5.97 Å². The van der Waals surface area contributed by atoms with Crippen molar-refractivity contribution in [1.82, 2.24) is 0 Å². The van der Waals surface area contributed by atoms with Crippen molar-refractivity contribution in [3.63, 3.8) is 0 Å². The van der Waals surface area contributed by atoms with E-state index in [1.165, 1.54) is 26.2 Å². The molecular weight excluding hydrogens is 212 g/mol. The highest BCUT2D eigenvalue weighted by Gasteiger charge is 2.32. The molecule has 0 bridgehead atoms. The minimum Gasteiger partial charge on any atom is -0.457 e. The Morgan fingerprint density at radius 2 is 1.94 bits per heavy atom. The van der Waals surface area contributed by atoms with E-state index >= 15 is 0 Å². The van der Waals surface area contributed by atoms with Crippen LogP contribution in [0.3, 0.4) is 0 Å². The molecule has 0 N–H and O–H groups in total. The molecule has 0 aliphatic heterocycles. The maximum absolute atomic E-state index is 11.2. The monoisotopic (exact) mass is 232 g/mol. The maximum Gasteiger partial charge on any atom is 0.303 e. The minimum atomic E-state index is -0.190. The molecule has 0 saturated heterocycles. The lowest BCUT2D eigenvalue weighted by atomic mass is 9.73. The summed E-state index contributed by atoms with van der Waals surface area (Å²) in [5.74, 6) is 0.930. The summed E-state index contributed by atoms with van der Waals surface area (Å²) < 4.78 is 5.52. The van der Waals surface area contributed by atoms with E-state index in [0.717, 1.165) is 5.56 Å². The number of carbonyl (C=O) groups excluding carboxylic acids is 1. The average molecular weight is 232 g/mol. The second kappa shape index (κ2) is 5.35. The number of esters is 1. The van der Waals surface area contributed by atoms with Crippen molar-refractivity contribution in [3.8, 4) is 0 Å². The van der Waals surface area contributed by atoms with Gasteiger partial charge in [-0.05, 0) is 11.5 Å². The zero-order valence-corrected chi connectivity index (χ0v) is 10.6. The van der Waals surface area contributed by atoms with Gasteiger partial charge in [-0.3, -0.25) is 4.79 Å². The first-order valence-electron chi connectivity index (χ1n) is 6.40. The molecule has 0 aromatic heterocycles. The van der Waals surface area contributed by atoms with Gasteiger partial charge in [0.15, 0.2) is 0 Å². The molecule has 0 unspecified atom stereocenters. The molecule has 1 saturated carbocycles. The Kier molecular flexibility index (Phi) is 3.82. The highest BCUT2D eigenvalue weighted by Crippen LogP contribution is 2.41. The van der Waals surface area contributed by atoms with Gasteiger partial charge in [0, 0.05) is 12.8 Å². The van der Waals surface area contributed by atoms with Gasteiger partial charge in [0.25, 0.3) is 0 Å². The van der Waals surface area contributed by atoms with Crippen LogP contribution < -0.4 is 0 Å². The first-order chi connectivity index (χ1) is 8.18. The van der Waals surface area contributed by atoms with Crippen LogP contribution >= 0.6 is 0 Å². The summed E-state index contributed by atoms with van der Waals surface area (Å²) in [4.78, 5) is 11.2. The summed E-state index contributed by atoms with van der Waals surface area (Å²) >= 11 is 0. The predicted octanol–water partition coefficient (Wildman–Crippen LogP) is 3.73. The summed E-state index contributed by atoms with van der Waals surface area (Å²) in [5, 5.41) is 0. The van der Waals surface area contributed by atoms with Crippen LogP contribution in [0.2, 0.25) is 0 Å². The molecule has 92 valence electrons. The fourth-order valence-corrected chi connectivity index (χ4v) is 2.51. The van der Waals surface area contributed by atoms with E-state index < -0.39 is 0 Å². The van der Waals surface area contributed by atoms with Gasteiger partial charge in [0.1, 0.15) is 6.10 Å². The topological polar surface area (TPSA) is 26.3 Å². The van der Waals surface area contributed by atoms with Crippen LogP contribution in [0.1, 0.15) is 44.8 Å². The summed E-state index contributed by atoms with van der Waals surface area (Å²) in [6.45, 7) is 3.69. The zero-order chi connectivity index (χ0) is 12.3. The van der Waals surface area contributed by atoms with Crippen molar-refractivity contribution in [3.05, 3.63) is 35.9 Å². The van der Waals surface area contributed by atoms with E-state index in [9.17, 15) is 4.79 Å². The molecule has 2 atom stereocenters. The van der Waals surface area contributed by atoms with Crippen LogP contribution in [-0.2, 0) is 9.53 Å². The summed E-state index contributed by atoms with van der Waals surface area (Å²) in [6, 6.07) is 10.1. The zero-order valence-electron chi connectivity index (χ0n) is 10.6. The van der Waals surface area contributed by atoms with Crippen LogP contribution in [0.4, 0.5) is 0 Å². The van der Waals surface area contributed by atoms with Gasteiger partial charge in [-0.1, -0.05) is 56.5 Å². The van der Waals surface area contributed by atoms with E-state index in [1.54, 1.807) is 0 Å². The quantitative estimate of drug-likeness (QED) is 0.739. The van der Waals surface area contributed by atoms with Gasteiger partial charge in [0.05, 0.1) is 0 Å². The third-order valence-electron chi connectivity index (χ3n) is 3.79. The standard InChI is InChI=1S/C15H20O2/c1-11(13-9-6-10-13)15(17-12(2)16)14-7-4-3-5-8-14/h3-5,7-8,11,13,15H,6,9-10H2,1-2H3/t11-,15+/m0/s1. The maximum atomic E-state index is 11.2. The third-order valence-corrected chi connectivity index (χ3v) is 3.79. The molecule has 1 aliphatic rings. The number of benzene rings is 1.